The third-order valence-corrected chi connectivity index (χ3v) is 1.84. The molecule has 80 valence electrons. The van der Waals surface area contributed by atoms with Gasteiger partial charge < -0.3 is 13.7 Å². The molecule has 0 aromatic heterocycles. The maximum absolute atomic E-state index is 5.47. The molecule has 0 saturated carbocycles. The molecule has 0 amide bonds. The van der Waals surface area contributed by atoms with Crippen molar-refractivity contribution < 1.29 is 13.7 Å². The average Bonchev–Trinajstić information content (AvgIpc) is 1.79. The summed E-state index contributed by atoms with van der Waals surface area (Å²) in [6.07, 6.45) is 0.347. The molecular formula is C10H26N2O+2. The Morgan fingerprint density at radius 3 is 1.31 bits per heavy atom. The number of ether oxygens (including phenoxy) is 1. The lowest BCUT2D eigenvalue weighted by Crippen LogP contribution is -2.50. The Hall–Kier alpha value is -0.120. The number of nitrogens with zero attached hydrogens (tertiary/aromatic N) is 2. The number of hydrogen-bond acceptors (Lipinski definition) is 1. The summed E-state index contributed by atoms with van der Waals surface area (Å²) in [6.45, 7) is 2.12. The standard InChI is InChI=1S/C10H26N2O/c1-11(2,3)8-10(13-7)9-12(4,5)6/h10H,8-9H2,1-7H3/q+2. The first-order valence-electron chi connectivity index (χ1n) is 4.78. The first-order valence-corrected chi connectivity index (χ1v) is 4.78. The number of likely N-dealkylation sites (N-methyl/N-ethyl adjacent to an activating group) is 2. The SMILES string of the molecule is COC(C[N+](C)(C)C)C[N+](C)(C)C. The summed E-state index contributed by atoms with van der Waals surface area (Å²) in [5.41, 5.74) is 0. The lowest BCUT2D eigenvalue weighted by molar-refractivity contribution is -0.895. The fraction of sp³-hybridized carbons (Fsp3) is 1.00. The van der Waals surface area contributed by atoms with Gasteiger partial charge in [0, 0.05) is 7.11 Å². The molecule has 0 unspecified atom stereocenters. The zero-order valence-corrected chi connectivity index (χ0v) is 10.3. The zero-order chi connectivity index (χ0) is 10.7. The van der Waals surface area contributed by atoms with Gasteiger partial charge in [-0.25, -0.2) is 0 Å². The normalized spacial score (nSPS) is 13.8. The second-order valence-electron chi connectivity index (χ2n) is 5.80. The molecule has 0 bridgehead atoms. The Morgan fingerprint density at radius 1 is 0.846 bits per heavy atom. The Bertz CT molecular complexity index is 128. The maximum Gasteiger partial charge on any atom is 0.154 e. The van der Waals surface area contributed by atoms with Crippen molar-refractivity contribution in [1.29, 1.82) is 0 Å². The number of hydrogen-bond donors (Lipinski definition) is 0. The van der Waals surface area contributed by atoms with Crippen molar-refractivity contribution >= 4 is 0 Å². The molecule has 3 heteroatoms. The van der Waals surface area contributed by atoms with Crippen LogP contribution in [0.2, 0.25) is 0 Å². The summed E-state index contributed by atoms with van der Waals surface area (Å²) in [5.74, 6) is 0. The van der Waals surface area contributed by atoms with Gasteiger partial charge in [-0.1, -0.05) is 0 Å². The van der Waals surface area contributed by atoms with Crippen molar-refractivity contribution in [2.24, 2.45) is 0 Å². The first kappa shape index (κ1) is 12.9. The van der Waals surface area contributed by atoms with Crippen molar-refractivity contribution in [2.75, 3.05) is 62.5 Å². The lowest BCUT2D eigenvalue weighted by atomic mass is 10.3. The van der Waals surface area contributed by atoms with Crippen LogP contribution in [0, 0.1) is 0 Å². The monoisotopic (exact) mass is 190 g/mol. The predicted octanol–water partition coefficient (Wildman–Crippen LogP) is 0.414. The van der Waals surface area contributed by atoms with Crippen molar-refractivity contribution in [3.63, 3.8) is 0 Å². The number of methoxy groups -OCH3 is 1. The average molecular weight is 190 g/mol. The van der Waals surface area contributed by atoms with E-state index in [1.54, 1.807) is 7.11 Å². The van der Waals surface area contributed by atoms with Gasteiger partial charge in [-0.05, 0) is 0 Å². The van der Waals surface area contributed by atoms with E-state index in [1.807, 2.05) is 0 Å². The van der Waals surface area contributed by atoms with Crippen LogP contribution in [0.25, 0.3) is 0 Å². The van der Waals surface area contributed by atoms with Gasteiger partial charge >= 0.3 is 0 Å². The van der Waals surface area contributed by atoms with E-state index in [0.29, 0.717) is 6.10 Å². The molecule has 0 saturated heterocycles. The minimum absolute atomic E-state index is 0.347. The summed E-state index contributed by atoms with van der Waals surface area (Å²) in [6, 6.07) is 0. The molecule has 0 atom stereocenters. The minimum Gasteiger partial charge on any atom is -0.370 e. The molecule has 0 fully saturated rings. The van der Waals surface area contributed by atoms with Gasteiger partial charge in [0.25, 0.3) is 0 Å². The van der Waals surface area contributed by atoms with Gasteiger partial charge in [0.05, 0.1) is 42.3 Å². The van der Waals surface area contributed by atoms with Crippen molar-refractivity contribution in [1.82, 2.24) is 0 Å². The van der Waals surface area contributed by atoms with Crippen LogP contribution in [-0.4, -0.2) is 77.6 Å². The molecule has 0 heterocycles. The fourth-order valence-electron chi connectivity index (χ4n) is 1.43. The molecule has 0 aliphatic carbocycles. The minimum atomic E-state index is 0.347. The van der Waals surface area contributed by atoms with E-state index in [1.165, 1.54) is 0 Å². The van der Waals surface area contributed by atoms with Crippen LogP contribution in [0.5, 0.6) is 0 Å². The molecule has 3 nitrogen and oxygen atoms in total. The summed E-state index contributed by atoms with van der Waals surface area (Å²) in [4.78, 5) is 0. The van der Waals surface area contributed by atoms with E-state index in [9.17, 15) is 0 Å². The molecule has 0 rings (SSSR count). The van der Waals surface area contributed by atoms with E-state index in [2.05, 4.69) is 42.3 Å². The Balaban J connectivity index is 4.05. The van der Waals surface area contributed by atoms with Crippen LogP contribution in [0.15, 0.2) is 0 Å². The van der Waals surface area contributed by atoms with E-state index < -0.39 is 0 Å². The summed E-state index contributed by atoms with van der Waals surface area (Å²) in [7, 11) is 15.0. The predicted molar refractivity (Wildman–Crippen MR) is 56.6 cm³/mol. The summed E-state index contributed by atoms with van der Waals surface area (Å²) in [5, 5.41) is 0. The molecule has 0 aliphatic rings. The lowest BCUT2D eigenvalue weighted by Gasteiger charge is -2.32. The summed E-state index contributed by atoms with van der Waals surface area (Å²) < 4.78 is 7.38. The van der Waals surface area contributed by atoms with Gasteiger partial charge in [0.2, 0.25) is 0 Å². The number of quaternary nitrogens is 2. The Morgan fingerprint density at radius 2 is 1.15 bits per heavy atom. The third-order valence-electron chi connectivity index (χ3n) is 1.84. The second kappa shape index (κ2) is 4.40. The highest BCUT2D eigenvalue weighted by Crippen LogP contribution is 2.03. The van der Waals surface area contributed by atoms with Crippen LogP contribution in [-0.2, 0) is 4.74 Å². The Labute approximate surface area is 83.1 Å². The molecule has 0 radical (unpaired) electrons. The third kappa shape index (κ3) is 8.22. The highest BCUT2D eigenvalue weighted by molar-refractivity contribution is 4.53. The molecule has 0 aromatic rings. The van der Waals surface area contributed by atoms with Crippen molar-refractivity contribution in [3.8, 4) is 0 Å². The van der Waals surface area contributed by atoms with Crippen LogP contribution in [0.3, 0.4) is 0 Å². The maximum atomic E-state index is 5.47. The molecule has 0 aliphatic heterocycles. The van der Waals surface area contributed by atoms with E-state index in [4.69, 9.17) is 4.74 Å². The molecule has 0 N–H and O–H groups in total. The summed E-state index contributed by atoms with van der Waals surface area (Å²) >= 11 is 0. The highest BCUT2D eigenvalue weighted by Gasteiger charge is 2.23. The second-order valence-corrected chi connectivity index (χ2v) is 5.80. The quantitative estimate of drug-likeness (QED) is 0.571. The smallest absolute Gasteiger partial charge is 0.154 e. The van der Waals surface area contributed by atoms with Gasteiger partial charge in [0.1, 0.15) is 13.1 Å². The molecule has 0 spiro atoms. The first-order chi connectivity index (χ1) is 5.64. The van der Waals surface area contributed by atoms with Gasteiger partial charge in [-0.2, -0.15) is 0 Å². The van der Waals surface area contributed by atoms with E-state index in [0.717, 1.165) is 22.1 Å². The zero-order valence-electron chi connectivity index (χ0n) is 10.3. The molecule has 0 aromatic carbocycles. The van der Waals surface area contributed by atoms with Crippen molar-refractivity contribution in [2.45, 2.75) is 6.10 Å². The van der Waals surface area contributed by atoms with E-state index in [-0.39, 0.29) is 0 Å². The van der Waals surface area contributed by atoms with Gasteiger partial charge in [0.15, 0.2) is 6.10 Å². The molecule has 13 heavy (non-hydrogen) atoms. The van der Waals surface area contributed by atoms with E-state index >= 15 is 0 Å². The van der Waals surface area contributed by atoms with Crippen molar-refractivity contribution in [3.05, 3.63) is 0 Å². The van der Waals surface area contributed by atoms with Crippen LogP contribution >= 0.6 is 0 Å². The molecular weight excluding hydrogens is 164 g/mol. The van der Waals surface area contributed by atoms with Crippen LogP contribution in [0.1, 0.15) is 0 Å². The Kier molecular flexibility index (Phi) is 4.36. The topological polar surface area (TPSA) is 9.23 Å². The van der Waals surface area contributed by atoms with Crippen LogP contribution < -0.4 is 0 Å². The van der Waals surface area contributed by atoms with Gasteiger partial charge in [-0.3, -0.25) is 0 Å². The largest absolute Gasteiger partial charge is 0.370 e. The highest BCUT2D eigenvalue weighted by atomic mass is 16.5. The number of rotatable bonds is 5. The van der Waals surface area contributed by atoms with Gasteiger partial charge in [-0.15, -0.1) is 0 Å². The fourth-order valence-corrected chi connectivity index (χ4v) is 1.43. The van der Waals surface area contributed by atoms with Crippen LogP contribution in [0.4, 0.5) is 0 Å².